The van der Waals surface area contributed by atoms with Gasteiger partial charge in [-0.25, -0.2) is 0 Å². The van der Waals surface area contributed by atoms with E-state index in [9.17, 15) is 4.79 Å². The van der Waals surface area contributed by atoms with Crippen LogP contribution in [0.15, 0.2) is 48.5 Å². The lowest BCUT2D eigenvalue weighted by molar-refractivity contribution is -0.117. The summed E-state index contributed by atoms with van der Waals surface area (Å²) in [5, 5.41) is 3.01. The van der Waals surface area contributed by atoms with Gasteiger partial charge in [-0.3, -0.25) is 4.79 Å². The number of anilines is 1. The first-order valence-electron chi connectivity index (χ1n) is 8.29. The molecule has 4 nitrogen and oxygen atoms in total. The Morgan fingerprint density at radius 1 is 1.12 bits per heavy atom. The van der Waals surface area contributed by atoms with E-state index in [2.05, 4.69) is 5.32 Å². The van der Waals surface area contributed by atoms with Crippen LogP contribution in [0.5, 0.6) is 11.5 Å². The van der Waals surface area contributed by atoms with Crippen LogP contribution in [0.2, 0.25) is 0 Å². The van der Waals surface area contributed by atoms with Crippen LogP contribution in [0.25, 0.3) is 0 Å². The Morgan fingerprint density at radius 3 is 2.50 bits per heavy atom. The first-order valence-corrected chi connectivity index (χ1v) is 8.29. The van der Waals surface area contributed by atoms with Crippen molar-refractivity contribution in [1.82, 2.24) is 0 Å². The SMILES string of the molecule is COc1ccc(C2CC2C(=O)Nc2ccccc2OC(C)C)cc1. The lowest BCUT2D eigenvalue weighted by Crippen LogP contribution is -2.16. The zero-order valence-electron chi connectivity index (χ0n) is 14.3. The summed E-state index contributed by atoms with van der Waals surface area (Å²) in [6.07, 6.45) is 0.946. The van der Waals surface area contributed by atoms with Crippen LogP contribution in [-0.4, -0.2) is 19.1 Å². The highest BCUT2D eigenvalue weighted by molar-refractivity contribution is 5.96. The number of hydrogen-bond acceptors (Lipinski definition) is 3. The smallest absolute Gasteiger partial charge is 0.228 e. The first kappa shape index (κ1) is 16.4. The lowest BCUT2D eigenvalue weighted by Gasteiger charge is -2.14. The van der Waals surface area contributed by atoms with Gasteiger partial charge in [0.25, 0.3) is 0 Å². The summed E-state index contributed by atoms with van der Waals surface area (Å²) in [6.45, 7) is 3.94. The van der Waals surface area contributed by atoms with Crippen LogP contribution in [0.1, 0.15) is 31.7 Å². The second kappa shape index (κ2) is 6.95. The molecule has 0 radical (unpaired) electrons. The van der Waals surface area contributed by atoms with E-state index in [4.69, 9.17) is 9.47 Å². The molecule has 24 heavy (non-hydrogen) atoms. The molecular formula is C20H23NO3. The third-order valence-corrected chi connectivity index (χ3v) is 4.18. The van der Waals surface area contributed by atoms with E-state index >= 15 is 0 Å². The monoisotopic (exact) mass is 325 g/mol. The van der Waals surface area contributed by atoms with Gasteiger partial charge in [0.2, 0.25) is 5.91 Å². The summed E-state index contributed by atoms with van der Waals surface area (Å²) in [6, 6.07) is 15.5. The predicted molar refractivity (Wildman–Crippen MR) is 94.7 cm³/mol. The van der Waals surface area contributed by atoms with Crippen LogP contribution in [0.3, 0.4) is 0 Å². The number of carbonyl (C=O) groups is 1. The Balaban J connectivity index is 1.64. The number of methoxy groups -OCH3 is 1. The second-order valence-corrected chi connectivity index (χ2v) is 6.37. The number of rotatable bonds is 6. The molecule has 3 rings (SSSR count). The van der Waals surface area contributed by atoms with Gasteiger partial charge in [-0.2, -0.15) is 0 Å². The standard InChI is InChI=1S/C20H23NO3/c1-13(2)24-19-7-5-4-6-18(19)21-20(22)17-12-16(17)14-8-10-15(23-3)11-9-14/h4-11,13,16-17H,12H2,1-3H3,(H,21,22). The number of para-hydroxylation sites is 2. The van der Waals surface area contributed by atoms with Crippen molar-refractivity contribution in [3.63, 3.8) is 0 Å². The minimum Gasteiger partial charge on any atom is -0.497 e. The highest BCUT2D eigenvalue weighted by atomic mass is 16.5. The van der Waals surface area contributed by atoms with Gasteiger partial charge in [0.05, 0.1) is 18.9 Å². The molecule has 0 spiro atoms. The van der Waals surface area contributed by atoms with Crippen molar-refractivity contribution >= 4 is 11.6 Å². The highest BCUT2D eigenvalue weighted by Crippen LogP contribution is 2.48. The number of carbonyl (C=O) groups excluding carboxylic acids is 1. The summed E-state index contributed by atoms with van der Waals surface area (Å²) >= 11 is 0. The molecule has 2 aromatic rings. The van der Waals surface area contributed by atoms with E-state index in [1.165, 1.54) is 5.56 Å². The average Bonchev–Trinajstić information content (AvgIpc) is 3.37. The number of hydrogen-bond donors (Lipinski definition) is 1. The van der Waals surface area contributed by atoms with E-state index in [-0.39, 0.29) is 23.8 Å². The molecule has 2 unspecified atom stereocenters. The Bertz CT molecular complexity index is 709. The van der Waals surface area contributed by atoms with Crippen molar-refractivity contribution in [1.29, 1.82) is 0 Å². The van der Waals surface area contributed by atoms with Gasteiger partial charge < -0.3 is 14.8 Å². The van der Waals surface area contributed by atoms with Crippen LogP contribution >= 0.6 is 0 Å². The topological polar surface area (TPSA) is 47.6 Å². The fourth-order valence-corrected chi connectivity index (χ4v) is 2.86. The highest BCUT2D eigenvalue weighted by Gasteiger charge is 2.44. The molecule has 2 atom stereocenters. The third-order valence-electron chi connectivity index (χ3n) is 4.18. The molecule has 1 N–H and O–H groups in total. The molecule has 1 fully saturated rings. The summed E-state index contributed by atoms with van der Waals surface area (Å²) in [7, 11) is 1.65. The molecule has 1 saturated carbocycles. The quantitative estimate of drug-likeness (QED) is 0.865. The number of benzene rings is 2. The number of ether oxygens (including phenoxy) is 2. The first-order chi connectivity index (χ1) is 11.6. The van der Waals surface area contributed by atoms with Gasteiger partial charge in [-0.05, 0) is 56.0 Å². The normalized spacial score (nSPS) is 19.0. The molecule has 0 aromatic heterocycles. The lowest BCUT2D eigenvalue weighted by atomic mass is 10.1. The fraction of sp³-hybridized carbons (Fsp3) is 0.350. The molecule has 0 heterocycles. The Labute approximate surface area is 142 Å². The summed E-state index contributed by atoms with van der Waals surface area (Å²) in [5.74, 6) is 1.90. The van der Waals surface area contributed by atoms with Crippen molar-refractivity contribution in [3.8, 4) is 11.5 Å². The van der Waals surface area contributed by atoms with E-state index in [0.717, 1.165) is 17.9 Å². The minimum absolute atomic E-state index is 0.0190. The van der Waals surface area contributed by atoms with Gasteiger partial charge in [0.1, 0.15) is 11.5 Å². The van der Waals surface area contributed by atoms with Crippen molar-refractivity contribution in [2.75, 3.05) is 12.4 Å². The Morgan fingerprint density at radius 2 is 1.83 bits per heavy atom. The molecule has 1 aliphatic carbocycles. The number of amides is 1. The summed E-state index contributed by atoms with van der Waals surface area (Å²) < 4.78 is 10.9. The Hall–Kier alpha value is -2.49. The molecule has 1 amide bonds. The molecular weight excluding hydrogens is 302 g/mol. The molecule has 1 aliphatic rings. The van der Waals surface area contributed by atoms with Crippen molar-refractivity contribution in [2.24, 2.45) is 5.92 Å². The molecule has 0 aliphatic heterocycles. The van der Waals surface area contributed by atoms with E-state index in [1.807, 2.05) is 62.4 Å². The zero-order chi connectivity index (χ0) is 17.1. The maximum Gasteiger partial charge on any atom is 0.228 e. The molecule has 4 heteroatoms. The van der Waals surface area contributed by atoms with Crippen LogP contribution in [-0.2, 0) is 4.79 Å². The van der Waals surface area contributed by atoms with E-state index < -0.39 is 0 Å². The van der Waals surface area contributed by atoms with E-state index in [0.29, 0.717) is 5.75 Å². The summed E-state index contributed by atoms with van der Waals surface area (Å²) in [4.78, 5) is 12.5. The van der Waals surface area contributed by atoms with Gasteiger partial charge in [0.15, 0.2) is 0 Å². The largest absolute Gasteiger partial charge is 0.497 e. The Kier molecular flexibility index (Phi) is 4.74. The second-order valence-electron chi connectivity index (χ2n) is 6.37. The third kappa shape index (κ3) is 3.70. The van der Waals surface area contributed by atoms with Crippen molar-refractivity contribution in [2.45, 2.75) is 32.3 Å². The van der Waals surface area contributed by atoms with Crippen LogP contribution < -0.4 is 14.8 Å². The maximum atomic E-state index is 12.5. The molecule has 0 saturated heterocycles. The van der Waals surface area contributed by atoms with Crippen LogP contribution in [0, 0.1) is 5.92 Å². The summed E-state index contributed by atoms with van der Waals surface area (Å²) in [5.41, 5.74) is 1.92. The molecule has 126 valence electrons. The number of nitrogens with one attached hydrogen (secondary N) is 1. The van der Waals surface area contributed by atoms with Crippen LogP contribution in [0.4, 0.5) is 5.69 Å². The van der Waals surface area contributed by atoms with Crippen molar-refractivity contribution in [3.05, 3.63) is 54.1 Å². The molecule has 2 aromatic carbocycles. The van der Waals surface area contributed by atoms with Gasteiger partial charge in [-0.1, -0.05) is 24.3 Å². The van der Waals surface area contributed by atoms with Gasteiger partial charge >= 0.3 is 0 Å². The average molecular weight is 325 g/mol. The van der Waals surface area contributed by atoms with Gasteiger partial charge in [0, 0.05) is 5.92 Å². The predicted octanol–water partition coefficient (Wildman–Crippen LogP) is 4.22. The van der Waals surface area contributed by atoms with Gasteiger partial charge in [-0.15, -0.1) is 0 Å². The minimum atomic E-state index is 0.0190. The maximum absolute atomic E-state index is 12.5. The molecule has 0 bridgehead atoms. The van der Waals surface area contributed by atoms with Crippen molar-refractivity contribution < 1.29 is 14.3 Å². The van der Waals surface area contributed by atoms with E-state index in [1.54, 1.807) is 7.11 Å². The zero-order valence-corrected chi connectivity index (χ0v) is 14.3. The fourth-order valence-electron chi connectivity index (χ4n) is 2.86.